The number of para-hydroxylation sites is 1. The molecule has 0 bridgehead atoms. The number of benzene rings is 1. The van der Waals surface area contributed by atoms with Gasteiger partial charge < -0.3 is 10.0 Å². The summed E-state index contributed by atoms with van der Waals surface area (Å²) < 4.78 is 1.85. The van der Waals surface area contributed by atoms with Crippen LogP contribution in [-0.2, 0) is 24.3 Å². The molecule has 2 aromatic rings. The highest BCUT2D eigenvalue weighted by Gasteiger charge is 2.34. The third-order valence-corrected chi connectivity index (χ3v) is 3.82. The number of hydrogen-bond donors (Lipinski definition) is 1. The number of anilines is 1. The molecule has 1 aliphatic rings. The highest BCUT2D eigenvalue weighted by molar-refractivity contribution is 5.82. The van der Waals surface area contributed by atoms with Gasteiger partial charge in [0.15, 0.2) is 0 Å². The first-order valence-electron chi connectivity index (χ1n) is 7.14. The number of nitrogens with zero attached hydrogens (tertiary/aromatic N) is 4. The molecule has 3 rings (SSSR count). The average Bonchev–Trinajstić information content (AvgIpc) is 3.05. The third-order valence-electron chi connectivity index (χ3n) is 3.82. The molecule has 1 N–H and O–H groups in total. The second-order valence-electron chi connectivity index (χ2n) is 5.21. The van der Waals surface area contributed by atoms with Crippen molar-refractivity contribution in [1.82, 2.24) is 14.8 Å². The Hall–Kier alpha value is -2.37. The van der Waals surface area contributed by atoms with Crippen LogP contribution in [0.15, 0.2) is 30.6 Å². The maximum Gasteiger partial charge on any atom is 0.326 e. The number of fused-ring (bicyclic) bond motifs is 1. The van der Waals surface area contributed by atoms with E-state index in [1.807, 2.05) is 33.8 Å². The minimum absolute atomic E-state index is 0.466. The molecule has 2 heterocycles. The van der Waals surface area contributed by atoms with Gasteiger partial charge in [-0.05, 0) is 18.1 Å². The van der Waals surface area contributed by atoms with Crippen LogP contribution < -0.4 is 4.90 Å². The van der Waals surface area contributed by atoms with Crippen molar-refractivity contribution >= 4 is 11.7 Å². The lowest BCUT2D eigenvalue weighted by atomic mass is 10.1. The Labute approximate surface area is 123 Å². The van der Waals surface area contributed by atoms with Gasteiger partial charge in [0.1, 0.15) is 18.2 Å². The third kappa shape index (κ3) is 2.49. The summed E-state index contributed by atoms with van der Waals surface area (Å²) in [6.45, 7) is 3.34. The minimum atomic E-state index is -0.798. The number of rotatable bonds is 5. The first-order valence-corrected chi connectivity index (χ1v) is 7.14. The number of carbonyl (C=O) groups is 1. The van der Waals surface area contributed by atoms with E-state index in [0.717, 1.165) is 30.0 Å². The molecule has 1 atom stereocenters. The molecule has 6 nitrogen and oxygen atoms in total. The normalized spacial score (nSPS) is 17.0. The van der Waals surface area contributed by atoms with Crippen LogP contribution in [0.3, 0.4) is 0 Å². The summed E-state index contributed by atoms with van der Waals surface area (Å²) in [4.78, 5) is 17.7. The van der Waals surface area contributed by atoms with Gasteiger partial charge in [-0.15, -0.1) is 0 Å². The van der Waals surface area contributed by atoms with Crippen molar-refractivity contribution < 1.29 is 9.90 Å². The fourth-order valence-electron chi connectivity index (χ4n) is 2.83. The Morgan fingerprint density at radius 1 is 1.43 bits per heavy atom. The second-order valence-corrected chi connectivity index (χ2v) is 5.21. The van der Waals surface area contributed by atoms with Crippen molar-refractivity contribution in [2.45, 2.75) is 38.9 Å². The van der Waals surface area contributed by atoms with Crippen LogP contribution in [0.25, 0.3) is 0 Å². The molecule has 1 aromatic heterocycles. The van der Waals surface area contributed by atoms with Crippen LogP contribution in [0.2, 0.25) is 0 Å². The summed E-state index contributed by atoms with van der Waals surface area (Å²) in [6.07, 6.45) is 3.03. The Bertz CT molecular complexity index is 653. The SMILES string of the molecule is CCCn1ncnc1CN1c2ccccc2CC1C(=O)O. The molecule has 0 amide bonds. The maximum atomic E-state index is 11.5. The zero-order valence-corrected chi connectivity index (χ0v) is 11.9. The Morgan fingerprint density at radius 3 is 3.00 bits per heavy atom. The van der Waals surface area contributed by atoms with Crippen molar-refractivity contribution in [3.8, 4) is 0 Å². The van der Waals surface area contributed by atoms with Gasteiger partial charge in [-0.25, -0.2) is 14.5 Å². The van der Waals surface area contributed by atoms with Gasteiger partial charge >= 0.3 is 5.97 Å². The molecule has 0 radical (unpaired) electrons. The van der Waals surface area contributed by atoms with Gasteiger partial charge in [-0.2, -0.15) is 5.10 Å². The molecule has 110 valence electrons. The Balaban J connectivity index is 1.91. The van der Waals surface area contributed by atoms with Crippen molar-refractivity contribution in [2.24, 2.45) is 0 Å². The number of carboxylic acid groups (broad SMARTS) is 1. The predicted molar refractivity (Wildman–Crippen MR) is 78.1 cm³/mol. The van der Waals surface area contributed by atoms with Crippen molar-refractivity contribution in [3.05, 3.63) is 42.0 Å². The molecule has 1 aromatic carbocycles. The number of carboxylic acids is 1. The van der Waals surface area contributed by atoms with Gasteiger partial charge in [-0.1, -0.05) is 25.1 Å². The number of aryl methyl sites for hydroxylation is 1. The van der Waals surface area contributed by atoms with E-state index in [4.69, 9.17) is 0 Å². The van der Waals surface area contributed by atoms with Gasteiger partial charge in [0.25, 0.3) is 0 Å². The smallest absolute Gasteiger partial charge is 0.326 e. The average molecular weight is 286 g/mol. The topological polar surface area (TPSA) is 71.2 Å². The first-order chi connectivity index (χ1) is 10.2. The van der Waals surface area contributed by atoms with Gasteiger partial charge in [0, 0.05) is 18.7 Å². The lowest BCUT2D eigenvalue weighted by molar-refractivity contribution is -0.138. The summed E-state index contributed by atoms with van der Waals surface area (Å²) >= 11 is 0. The zero-order valence-electron chi connectivity index (χ0n) is 11.9. The van der Waals surface area contributed by atoms with E-state index in [1.54, 1.807) is 0 Å². The largest absolute Gasteiger partial charge is 0.480 e. The van der Waals surface area contributed by atoms with Crippen LogP contribution in [0.4, 0.5) is 5.69 Å². The number of hydrogen-bond acceptors (Lipinski definition) is 4. The number of aromatic nitrogens is 3. The molecule has 1 aliphatic heterocycles. The molecule has 6 heteroatoms. The van der Waals surface area contributed by atoms with Crippen molar-refractivity contribution in [2.75, 3.05) is 4.90 Å². The fraction of sp³-hybridized carbons (Fsp3) is 0.400. The molecule has 0 fully saturated rings. The minimum Gasteiger partial charge on any atom is -0.480 e. The molecular formula is C15H18N4O2. The summed E-state index contributed by atoms with van der Waals surface area (Å²) in [5.41, 5.74) is 2.06. The summed E-state index contributed by atoms with van der Waals surface area (Å²) in [5, 5.41) is 13.7. The molecular weight excluding hydrogens is 268 g/mol. The maximum absolute atomic E-state index is 11.5. The summed E-state index contributed by atoms with van der Waals surface area (Å²) in [7, 11) is 0. The lowest BCUT2D eigenvalue weighted by Gasteiger charge is -2.24. The fourth-order valence-corrected chi connectivity index (χ4v) is 2.83. The molecule has 0 aliphatic carbocycles. The van der Waals surface area contributed by atoms with E-state index in [-0.39, 0.29) is 0 Å². The van der Waals surface area contributed by atoms with Crippen molar-refractivity contribution in [3.63, 3.8) is 0 Å². The van der Waals surface area contributed by atoms with E-state index in [2.05, 4.69) is 17.0 Å². The summed E-state index contributed by atoms with van der Waals surface area (Å²) in [6, 6.07) is 7.31. The van der Waals surface area contributed by atoms with Crippen LogP contribution >= 0.6 is 0 Å². The predicted octanol–water partition coefficient (Wildman–Crippen LogP) is 1.70. The monoisotopic (exact) mass is 286 g/mol. The highest BCUT2D eigenvalue weighted by Crippen LogP contribution is 2.33. The molecule has 0 saturated heterocycles. The standard InChI is InChI=1S/C15H18N4O2/c1-2-7-19-14(16-10-17-19)9-18-12-6-4-3-5-11(12)8-13(18)15(20)21/h3-6,10,13H,2,7-9H2,1H3,(H,20,21). The Morgan fingerprint density at radius 2 is 2.24 bits per heavy atom. The number of aliphatic carboxylic acids is 1. The van der Waals surface area contributed by atoms with Gasteiger partial charge in [0.05, 0.1) is 6.54 Å². The molecule has 21 heavy (non-hydrogen) atoms. The van der Waals surface area contributed by atoms with E-state index in [0.29, 0.717) is 13.0 Å². The molecule has 0 spiro atoms. The van der Waals surface area contributed by atoms with Gasteiger partial charge in [0.2, 0.25) is 0 Å². The molecule has 0 saturated carbocycles. The van der Waals surface area contributed by atoms with E-state index in [1.165, 1.54) is 6.33 Å². The van der Waals surface area contributed by atoms with Crippen LogP contribution in [-0.4, -0.2) is 31.9 Å². The summed E-state index contributed by atoms with van der Waals surface area (Å²) in [5.74, 6) is 0.00700. The lowest BCUT2D eigenvalue weighted by Crippen LogP contribution is -2.38. The van der Waals surface area contributed by atoms with Crippen LogP contribution in [0, 0.1) is 0 Å². The van der Waals surface area contributed by atoms with E-state index >= 15 is 0 Å². The quantitative estimate of drug-likeness (QED) is 0.906. The van der Waals surface area contributed by atoms with Crippen LogP contribution in [0.5, 0.6) is 0 Å². The molecule has 1 unspecified atom stereocenters. The van der Waals surface area contributed by atoms with Gasteiger partial charge in [-0.3, -0.25) is 0 Å². The van der Waals surface area contributed by atoms with Crippen LogP contribution in [0.1, 0.15) is 24.7 Å². The highest BCUT2D eigenvalue weighted by atomic mass is 16.4. The zero-order chi connectivity index (χ0) is 14.8. The second kappa shape index (κ2) is 5.55. The van der Waals surface area contributed by atoms with E-state index in [9.17, 15) is 9.90 Å². The first kappa shape index (κ1) is 13.6. The van der Waals surface area contributed by atoms with E-state index < -0.39 is 12.0 Å². The van der Waals surface area contributed by atoms with Crippen molar-refractivity contribution in [1.29, 1.82) is 0 Å². The Kier molecular flexibility index (Phi) is 3.60.